The summed E-state index contributed by atoms with van der Waals surface area (Å²) in [5, 5.41) is 0. The van der Waals surface area contributed by atoms with E-state index in [9.17, 15) is 9.18 Å². The fraction of sp³-hybridized carbons (Fsp3) is 0.294. The summed E-state index contributed by atoms with van der Waals surface area (Å²) in [5.74, 6) is 0.560. The van der Waals surface area contributed by atoms with Gasteiger partial charge in [0.15, 0.2) is 5.78 Å². The first-order valence-corrected chi connectivity index (χ1v) is 7.20. The van der Waals surface area contributed by atoms with Crippen LogP contribution in [0.25, 0.3) is 0 Å². The average molecular weight is 284 g/mol. The van der Waals surface area contributed by atoms with Crippen molar-refractivity contribution in [3.05, 3.63) is 60.0 Å². The van der Waals surface area contributed by atoms with Crippen molar-refractivity contribution in [2.24, 2.45) is 5.92 Å². The lowest BCUT2D eigenvalue weighted by Gasteiger charge is -2.32. The maximum atomic E-state index is 12.9. The summed E-state index contributed by atoms with van der Waals surface area (Å²) in [5.41, 5.74) is 0.761. The van der Waals surface area contributed by atoms with Crippen LogP contribution in [0.4, 0.5) is 10.2 Å². The summed E-state index contributed by atoms with van der Waals surface area (Å²) < 4.78 is 12.9. The van der Waals surface area contributed by atoms with Crippen LogP contribution >= 0.6 is 0 Å². The van der Waals surface area contributed by atoms with E-state index in [0.29, 0.717) is 6.54 Å². The molecule has 0 bridgehead atoms. The first-order valence-electron chi connectivity index (χ1n) is 7.20. The number of pyridine rings is 1. The Morgan fingerprint density at radius 3 is 2.71 bits per heavy atom. The Kier molecular flexibility index (Phi) is 3.95. The van der Waals surface area contributed by atoms with Crippen molar-refractivity contribution in [3.63, 3.8) is 0 Å². The summed E-state index contributed by atoms with van der Waals surface area (Å²) in [4.78, 5) is 18.7. The molecule has 0 amide bonds. The Bertz CT molecular complexity index is 612. The molecule has 108 valence electrons. The molecule has 3 nitrogen and oxygen atoms in total. The third-order valence-electron chi connectivity index (χ3n) is 3.89. The molecule has 0 radical (unpaired) electrons. The van der Waals surface area contributed by atoms with Crippen LogP contribution in [0.1, 0.15) is 23.2 Å². The zero-order valence-corrected chi connectivity index (χ0v) is 11.7. The van der Waals surface area contributed by atoms with Crippen LogP contribution in [-0.4, -0.2) is 23.9 Å². The normalized spacial score (nSPS) is 18.5. The van der Waals surface area contributed by atoms with Crippen molar-refractivity contribution >= 4 is 11.6 Å². The van der Waals surface area contributed by atoms with Gasteiger partial charge in [0.05, 0.1) is 6.20 Å². The van der Waals surface area contributed by atoms with Crippen molar-refractivity contribution in [2.45, 2.75) is 12.8 Å². The molecule has 0 N–H and O–H groups in total. The standard InChI is InChI=1S/C17H17FN2O/c18-15-8-9-16(19-11-15)20-10-4-7-14(12-20)17(21)13-5-2-1-3-6-13/h1-3,5-6,8-9,11,14H,4,7,10,12H2/t14-/m0/s1. The van der Waals surface area contributed by atoms with Gasteiger partial charge in [-0.2, -0.15) is 0 Å². The maximum absolute atomic E-state index is 12.9. The molecule has 2 aromatic rings. The summed E-state index contributed by atoms with van der Waals surface area (Å²) in [6, 6.07) is 12.5. The Morgan fingerprint density at radius 1 is 1.19 bits per heavy atom. The summed E-state index contributed by atoms with van der Waals surface area (Å²) in [7, 11) is 0. The van der Waals surface area contributed by atoms with E-state index >= 15 is 0 Å². The minimum Gasteiger partial charge on any atom is -0.356 e. The number of carbonyl (C=O) groups excluding carboxylic acids is 1. The lowest BCUT2D eigenvalue weighted by atomic mass is 9.90. The van der Waals surface area contributed by atoms with Gasteiger partial charge in [-0.1, -0.05) is 30.3 Å². The second-order valence-electron chi connectivity index (χ2n) is 5.35. The highest BCUT2D eigenvalue weighted by Crippen LogP contribution is 2.24. The molecule has 21 heavy (non-hydrogen) atoms. The lowest BCUT2D eigenvalue weighted by Crippen LogP contribution is -2.39. The van der Waals surface area contributed by atoms with Crippen molar-refractivity contribution in [1.29, 1.82) is 0 Å². The van der Waals surface area contributed by atoms with E-state index in [1.807, 2.05) is 30.3 Å². The van der Waals surface area contributed by atoms with Gasteiger partial charge in [-0.15, -0.1) is 0 Å². The van der Waals surface area contributed by atoms with E-state index in [2.05, 4.69) is 9.88 Å². The van der Waals surface area contributed by atoms with Crippen LogP contribution in [0.2, 0.25) is 0 Å². The van der Waals surface area contributed by atoms with Gasteiger partial charge in [0.1, 0.15) is 11.6 Å². The zero-order chi connectivity index (χ0) is 14.7. The van der Waals surface area contributed by atoms with Crippen LogP contribution < -0.4 is 4.90 Å². The van der Waals surface area contributed by atoms with E-state index in [0.717, 1.165) is 30.8 Å². The number of piperidine rings is 1. The van der Waals surface area contributed by atoms with Gasteiger partial charge in [0.25, 0.3) is 0 Å². The highest BCUT2D eigenvalue weighted by atomic mass is 19.1. The van der Waals surface area contributed by atoms with E-state index in [1.54, 1.807) is 6.07 Å². The maximum Gasteiger partial charge on any atom is 0.167 e. The van der Waals surface area contributed by atoms with E-state index in [-0.39, 0.29) is 17.5 Å². The number of aromatic nitrogens is 1. The summed E-state index contributed by atoms with van der Waals surface area (Å²) in [6.07, 6.45) is 3.06. The van der Waals surface area contributed by atoms with Gasteiger partial charge in [0.2, 0.25) is 0 Å². The first kappa shape index (κ1) is 13.7. The second-order valence-corrected chi connectivity index (χ2v) is 5.35. The number of rotatable bonds is 3. The molecule has 2 heterocycles. The SMILES string of the molecule is O=C(c1ccccc1)[C@H]1CCCN(c2ccc(F)cn2)C1. The molecule has 0 spiro atoms. The number of carbonyl (C=O) groups is 1. The van der Waals surface area contributed by atoms with Gasteiger partial charge >= 0.3 is 0 Å². The molecule has 1 aromatic carbocycles. The van der Waals surface area contributed by atoms with E-state index < -0.39 is 0 Å². The Morgan fingerprint density at radius 2 is 2.00 bits per heavy atom. The fourth-order valence-corrected chi connectivity index (χ4v) is 2.79. The average Bonchev–Trinajstić information content (AvgIpc) is 2.56. The minimum atomic E-state index is -0.340. The topological polar surface area (TPSA) is 33.2 Å². The molecule has 4 heteroatoms. The molecule has 1 saturated heterocycles. The molecule has 1 aromatic heterocycles. The largest absolute Gasteiger partial charge is 0.356 e. The van der Waals surface area contributed by atoms with Gasteiger partial charge < -0.3 is 4.90 Å². The monoisotopic (exact) mass is 284 g/mol. The van der Waals surface area contributed by atoms with Crippen LogP contribution in [0.3, 0.4) is 0 Å². The fourth-order valence-electron chi connectivity index (χ4n) is 2.79. The third kappa shape index (κ3) is 3.10. The number of hydrogen-bond acceptors (Lipinski definition) is 3. The molecular formula is C17H17FN2O. The van der Waals surface area contributed by atoms with Gasteiger partial charge in [-0.05, 0) is 25.0 Å². The molecule has 3 rings (SSSR count). The van der Waals surface area contributed by atoms with Gasteiger partial charge in [-0.25, -0.2) is 9.37 Å². The number of benzene rings is 1. The Labute approximate surface area is 123 Å². The van der Waals surface area contributed by atoms with Crippen LogP contribution in [-0.2, 0) is 0 Å². The Hall–Kier alpha value is -2.23. The van der Waals surface area contributed by atoms with E-state index in [1.165, 1.54) is 12.3 Å². The van der Waals surface area contributed by atoms with Gasteiger partial charge in [0, 0.05) is 24.6 Å². The molecular weight excluding hydrogens is 267 g/mol. The molecule has 1 atom stereocenters. The van der Waals surface area contributed by atoms with Gasteiger partial charge in [-0.3, -0.25) is 4.79 Å². The third-order valence-corrected chi connectivity index (χ3v) is 3.89. The van der Waals surface area contributed by atoms with Crippen molar-refractivity contribution < 1.29 is 9.18 Å². The number of Topliss-reactive ketones (excluding diaryl/α,β-unsaturated/α-hetero) is 1. The van der Waals surface area contributed by atoms with Crippen LogP contribution in [0, 0.1) is 11.7 Å². The first-order chi connectivity index (χ1) is 10.2. The van der Waals surface area contributed by atoms with Crippen LogP contribution in [0.15, 0.2) is 48.7 Å². The molecule has 1 aliphatic rings. The number of ketones is 1. The molecule has 1 aliphatic heterocycles. The molecule has 0 unspecified atom stereocenters. The number of hydrogen-bond donors (Lipinski definition) is 0. The highest BCUT2D eigenvalue weighted by molar-refractivity contribution is 5.98. The predicted molar refractivity (Wildman–Crippen MR) is 79.9 cm³/mol. The smallest absolute Gasteiger partial charge is 0.167 e. The number of nitrogens with zero attached hydrogens (tertiary/aromatic N) is 2. The predicted octanol–water partition coefficient (Wildman–Crippen LogP) is 3.32. The van der Waals surface area contributed by atoms with Crippen molar-refractivity contribution in [1.82, 2.24) is 4.98 Å². The van der Waals surface area contributed by atoms with E-state index in [4.69, 9.17) is 0 Å². The minimum absolute atomic E-state index is 0.0204. The number of anilines is 1. The van der Waals surface area contributed by atoms with Crippen molar-refractivity contribution in [2.75, 3.05) is 18.0 Å². The molecule has 0 saturated carbocycles. The summed E-state index contributed by atoms with van der Waals surface area (Å²) in [6.45, 7) is 1.50. The molecule has 0 aliphatic carbocycles. The highest BCUT2D eigenvalue weighted by Gasteiger charge is 2.27. The van der Waals surface area contributed by atoms with Crippen molar-refractivity contribution in [3.8, 4) is 0 Å². The second kappa shape index (κ2) is 6.04. The van der Waals surface area contributed by atoms with Crippen LogP contribution in [0.5, 0.6) is 0 Å². The summed E-state index contributed by atoms with van der Waals surface area (Å²) >= 11 is 0. The zero-order valence-electron chi connectivity index (χ0n) is 11.7. The Balaban J connectivity index is 1.74. The lowest BCUT2D eigenvalue weighted by molar-refractivity contribution is 0.0907. The number of halogens is 1. The quantitative estimate of drug-likeness (QED) is 0.811. The molecule has 1 fully saturated rings.